The van der Waals surface area contributed by atoms with Crippen molar-refractivity contribution in [3.8, 4) is 11.3 Å². The number of hydrogen-bond donors (Lipinski definition) is 2. The lowest BCUT2D eigenvalue weighted by Gasteiger charge is -2.13. The Morgan fingerprint density at radius 1 is 1.00 bits per heavy atom. The van der Waals surface area contributed by atoms with Gasteiger partial charge >= 0.3 is 0 Å². The zero-order valence-corrected chi connectivity index (χ0v) is 16.0. The molecule has 0 unspecified atom stereocenters. The van der Waals surface area contributed by atoms with Crippen LogP contribution in [0.15, 0.2) is 48.5 Å². The fourth-order valence-corrected chi connectivity index (χ4v) is 2.94. The van der Waals surface area contributed by atoms with Crippen LogP contribution in [0.5, 0.6) is 0 Å². The minimum atomic E-state index is -0.116. The second-order valence-corrected chi connectivity index (χ2v) is 6.96. The number of rotatable bonds is 4. The molecule has 0 bridgehead atoms. The van der Waals surface area contributed by atoms with E-state index in [1.54, 1.807) is 0 Å². The lowest BCUT2D eigenvalue weighted by atomic mass is 10.0. The van der Waals surface area contributed by atoms with Crippen molar-refractivity contribution in [3.05, 3.63) is 59.7 Å². The second-order valence-electron chi connectivity index (χ2n) is 6.96. The molecule has 27 heavy (non-hydrogen) atoms. The standard InChI is InChI=1S/C22H23N3O2/c1-13(2)23-22(27)19-12-21(25-20-10-5-14(3)11-18(19)20)16-6-8-17(9-7-16)24-15(4)26/h5-13H,1-4H3,(H,23,27)(H,24,26). The average molecular weight is 361 g/mol. The molecule has 1 aromatic heterocycles. The van der Waals surface area contributed by atoms with Crippen molar-refractivity contribution in [2.24, 2.45) is 0 Å². The summed E-state index contributed by atoms with van der Waals surface area (Å²) in [7, 11) is 0. The van der Waals surface area contributed by atoms with Crippen LogP contribution < -0.4 is 10.6 Å². The topological polar surface area (TPSA) is 71.1 Å². The van der Waals surface area contributed by atoms with Crippen LogP contribution >= 0.6 is 0 Å². The summed E-state index contributed by atoms with van der Waals surface area (Å²) in [4.78, 5) is 28.7. The molecule has 1 heterocycles. The van der Waals surface area contributed by atoms with Crippen LogP contribution in [0.4, 0.5) is 5.69 Å². The lowest BCUT2D eigenvalue weighted by Crippen LogP contribution is -2.30. The van der Waals surface area contributed by atoms with Gasteiger partial charge in [-0.2, -0.15) is 0 Å². The van der Waals surface area contributed by atoms with Crippen LogP contribution in [0.1, 0.15) is 36.7 Å². The number of hydrogen-bond acceptors (Lipinski definition) is 3. The van der Waals surface area contributed by atoms with Crippen molar-refractivity contribution in [2.45, 2.75) is 33.7 Å². The second kappa shape index (κ2) is 7.58. The van der Waals surface area contributed by atoms with Gasteiger partial charge in [-0.05, 0) is 51.1 Å². The number of benzene rings is 2. The molecular weight excluding hydrogens is 338 g/mol. The largest absolute Gasteiger partial charge is 0.350 e. The van der Waals surface area contributed by atoms with Crippen molar-refractivity contribution >= 4 is 28.4 Å². The minimum absolute atomic E-state index is 0.0471. The van der Waals surface area contributed by atoms with Gasteiger partial charge in [-0.3, -0.25) is 9.59 Å². The quantitative estimate of drug-likeness (QED) is 0.727. The smallest absolute Gasteiger partial charge is 0.252 e. The number of amides is 2. The number of pyridine rings is 1. The van der Waals surface area contributed by atoms with E-state index in [4.69, 9.17) is 4.98 Å². The molecule has 5 heteroatoms. The minimum Gasteiger partial charge on any atom is -0.350 e. The third kappa shape index (κ3) is 4.31. The first kappa shape index (κ1) is 18.6. The van der Waals surface area contributed by atoms with Crippen LogP contribution in [0.25, 0.3) is 22.2 Å². The molecule has 0 saturated carbocycles. The van der Waals surface area contributed by atoms with Gasteiger partial charge in [0.25, 0.3) is 5.91 Å². The number of nitrogens with zero attached hydrogens (tertiary/aromatic N) is 1. The Kier molecular flexibility index (Phi) is 5.21. The van der Waals surface area contributed by atoms with E-state index in [2.05, 4.69) is 10.6 Å². The Hall–Kier alpha value is -3.21. The molecule has 0 atom stereocenters. The molecule has 0 aliphatic heterocycles. The summed E-state index contributed by atoms with van der Waals surface area (Å²) in [5.41, 5.74) is 4.78. The number of fused-ring (bicyclic) bond motifs is 1. The summed E-state index contributed by atoms with van der Waals surface area (Å²) < 4.78 is 0. The molecule has 2 amide bonds. The normalized spacial score (nSPS) is 10.9. The summed E-state index contributed by atoms with van der Waals surface area (Å²) in [6.07, 6.45) is 0. The van der Waals surface area contributed by atoms with Crippen LogP contribution in [0, 0.1) is 6.92 Å². The van der Waals surface area contributed by atoms with Gasteiger partial charge in [0.2, 0.25) is 5.91 Å². The van der Waals surface area contributed by atoms with Crippen molar-refractivity contribution in [1.29, 1.82) is 0 Å². The highest BCUT2D eigenvalue weighted by Crippen LogP contribution is 2.27. The molecule has 0 fully saturated rings. The molecule has 138 valence electrons. The Balaban J connectivity index is 2.09. The van der Waals surface area contributed by atoms with E-state index in [0.29, 0.717) is 5.56 Å². The maximum atomic E-state index is 12.8. The lowest BCUT2D eigenvalue weighted by molar-refractivity contribution is -0.114. The molecule has 5 nitrogen and oxygen atoms in total. The Labute approximate surface area is 158 Å². The highest BCUT2D eigenvalue weighted by atomic mass is 16.2. The maximum absolute atomic E-state index is 12.8. The van der Waals surface area contributed by atoms with Gasteiger partial charge in [-0.25, -0.2) is 4.98 Å². The predicted octanol–water partition coefficient (Wildman–Crippen LogP) is 4.31. The number of carbonyl (C=O) groups is 2. The number of aromatic nitrogens is 1. The van der Waals surface area contributed by atoms with Crippen molar-refractivity contribution in [2.75, 3.05) is 5.32 Å². The van der Waals surface area contributed by atoms with Crippen molar-refractivity contribution in [1.82, 2.24) is 10.3 Å². The SMILES string of the molecule is CC(=O)Nc1ccc(-c2cc(C(=O)NC(C)C)c3cc(C)ccc3n2)cc1. The zero-order valence-electron chi connectivity index (χ0n) is 16.0. The number of carbonyl (C=O) groups excluding carboxylic acids is 2. The van der Waals surface area contributed by atoms with E-state index in [0.717, 1.165) is 33.4 Å². The van der Waals surface area contributed by atoms with Gasteiger partial charge in [-0.1, -0.05) is 23.8 Å². The first-order chi connectivity index (χ1) is 12.8. The molecular formula is C22H23N3O2. The van der Waals surface area contributed by atoms with Crippen LogP contribution in [0.3, 0.4) is 0 Å². The highest BCUT2D eigenvalue weighted by Gasteiger charge is 2.15. The van der Waals surface area contributed by atoms with Gasteiger partial charge in [0.15, 0.2) is 0 Å². The molecule has 0 aliphatic carbocycles. The summed E-state index contributed by atoms with van der Waals surface area (Å²) in [5.74, 6) is -0.228. The molecule has 0 aliphatic rings. The Morgan fingerprint density at radius 3 is 2.33 bits per heavy atom. The highest BCUT2D eigenvalue weighted by molar-refractivity contribution is 6.07. The van der Waals surface area contributed by atoms with Gasteiger partial charge in [0.05, 0.1) is 16.8 Å². The van der Waals surface area contributed by atoms with E-state index in [1.807, 2.05) is 69.3 Å². The van der Waals surface area contributed by atoms with E-state index >= 15 is 0 Å². The van der Waals surface area contributed by atoms with E-state index < -0.39 is 0 Å². The van der Waals surface area contributed by atoms with E-state index in [1.165, 1.54) is 6.92 Å². The summed E-state index contributed by atoms with van der Waals surface area (Å²) in [6, 6.07) is 15.2. The average Bonchev–Trinajstić information content (AvgIpc) is 2.60. The number of aryl methyl sites for hydroxylation is 1. The number of nitrogens with one attached hydrogen (secondary N) is 2. The monoisotopic (exact) mass is 361 g/mol. The van der Waals surface area contributed by atoms with Crippen molar-refractivity contribution in [3.63, 3.8) is 0 Å². The van der Waals surface area contributed by atoms with Crippen LogP contribution in [0.2, 0.25) is 0 Å². The van der Waals surface area contributed by atoms with E-state index in [-0.39, 0.29) is 17.9 Å². The Morgan fingerprint density at radius 2 is 1.70 bits per heavy atom. The third-order valence-electron chi connectivity index (χ3n) is 4.13. The molecule has 0 radical (unpaired) electrons. The van der Waals surface area contributed by atoms with Gasteiger partial charge < -0.3 is 10.6 Å². The molecule has 2 aromatic carbocycles. The van der Waals surface area contributed by atoms with Crippen molar-refractivity contribution < 1.29 is 9.59 Å². The molecule has 0 spiro atoms. The first-order valence-corrected chi connectivity index (χ1v) is 8.94. The fourth-order valence-electron chi connectivity index (χ4n) is 2.94. The van der Waals surface area contributed by atoms with Crippen LogP contribution in [-0.2, 0) is 4.79 Å². The predicted molar refractivity (Wildman–Crippen MR) is 109 cm³/mol. The van der Waals surface area contributed by atoms with Gasteiger partial charge in [-0.15, -0.1) is 0 Å². The summed E-state index contributed by atoms with van der Waals surface area (Å²) >= 11 is 0. The number of anilines is 1. The molecule has 3 aromatic rings. The van der Waals surface area contributed by atoms with Crippen LogP contribution in [-0.4, -0.2) is 22.8 Å². The summed E-state index contributed by atoms with van der Waals surface area (Å²) in [5, 5.41) is 6.55. The van der Waals surface area contributed by atoms with E-state index in [9.17, 15) is 9.59 Å². The van der Waals surface area contributed by atoms with Gasteiger partial charge in [0.1, 0.15) is 0 Å². The fraction of sp³-hybridized carbons (Fsp3) is 0.227. The third-order valence-corrected chi connectivity index (χ3v) is 4.13. The molecule has 3 rings (SSSR count). The maximum Gasteiger partial charge on any atom is 0.252 e. The summed E-state index contributed by atoms with van der Waals surface area (Å²) in [6.45, 7) is 7.35. The first-order valence-electron chi connectivity index (χ1n) is 8.94. The zero-order chi connectivity index (χ0) is 19.6. The molecule has 2 N–H and O–H groups in total. The van der Waals surface area contributed by atoms with Gasteiger partial charge in [0, 0.05) is 29.6 Å². The molecule has 0 saturated heterocycles. The Bertz CT molecular complexity index is 1010.